The highest BCUT2D eigenvalue weighted by Gasteiger charge is 2.17. The van der Waals surface area contributed by atoms with E-state index in [0.29, 0.717) is 6.04 Å². The number of methoxy groups -OCH3 is 1. The standard InChI is InChI=1S/C10H17N3O/c1-14-6-5-13-8-9(7-12-13)10-3-2-4-11-10/h7-8,10-11H,2-6H2,1H3. The molecule has 2 rings (SSSR count). The first-order chi connectivity index (χ1) is 6.90. The van der Waals surface area contributed by atoms with Gasteiger partial charge in [-0.25, -0.2) is 0 Å². The van der Waals surface area contributed by atoms with Crippen molar-refractivity contribution in [2.75, 3.05) is 20.3 Å². The van der Waals surface area contributed by atoms with E-state index in [4.69, 9.17) is 4.74 Å². The van der Waals surface area contributed by atoms with Crippen molar-refractivity contribution < 1.29 is 4.74 Å². The lowest BCUT2D eigenvalue weighted by Crippen LogP contribution is -2.12. The molecular formula is C10H17N3O. The van der Waals surface area contributed by atoms with E-state index in [-0.39, 0.29) is 0 Å². The second-order valence-corrected chi connectivity index (χ2v) is 3.68. The monoisotopic (exact) mass is 195 g/mol. The van der Waals surface area contributed by atoms with Gasteiger partial charge in [0.1, 0.15) is 0 Å². The van der Waals surface area contributed by atoms with Crippen LogP contribution >= 0.6 is 0 Å². The van der Waals surface area contributed by atoms with Crippen LogP contribution in [0.2, 0.25) is 0 Å². The van der Waals surface area contributed by atoms with Crippen LogP contribution in [0.3, 0.4) is 0 Å². The van der Waals surface area contributed by atoms with Gasteiger partial charge in [-0.3, -0.25) is 4.68 Å². The van der Waals surface area contributed by atoms with Crippen LogP contribution < -0.4 is 5.32 Å². The minimum atomic E-state index is 0.520. The summed E-state index contributed by atoms with van der Waals surface area (Å²) in [6.07, 6.45) is 6.57. The van der Waals surface area contributed by atoms with E-state index >= 15 is 0 Å². The van der Waals surface area contributed by atoms with Gasteiger partial charge in [0, 0.05) is 24.9 Å². The van der Waals surface area contributed by atoms with Crippen LogP contribution in [-0.2, 0) is 11.3 Å². The maximum absolute atomic E-state index is 5.00. The average Bonchev–Trinajstić information content (AvgIpc) is 2.85. The van der Waals surface area contributed by atoms with Gasteiger partial charge in [0.2, 0.25) is 0 Å². The smallest absolute Gasteiger partial charge is 0.0658 e. The molecule has 14 heavy (non-hydrogen) atoms. The molecule has 1 saturated heterocycles. The second kappa shape index (κ2) is 4.57. The fourth-order valence-corrected chi connectivity index (χ4v) is 1.84. The van der Waals surface area contributed by atoms with E-state index < -0.39 is 0 Å². The molecule has 0 amide bonds. The molecule has 1 aromatic rings. The zero-order valence-corrected chi connectivity index (χ0v) is 8.57. The Balaban J connectivity index is 1.94. The van der Waals surface area contributed by atoms with Crippen LogP contribution in [0.5, 0.6) is 0 Å². The van der Waals surface area contributed by atoms with E-state index in [1.165, 1.54) is 18.4 Å². The van der Waals surface area contributed by atoms with Crippen LogP contribution in [0.1, 0.15) is 24.4 Å². The van der Waals surface area contributed by atoms with Crippen molar-refractivity contribution in [3.63, 3.8) is 0 Å². The number of hydrogen-bond acceptors (Lipinski definition) is 3. The third-order valence-corrected chi connectivity index (χ3v) is 2.64. The Kier molecular flexibility index (Phi) is 3.16. The van der Waals surface area contributed by atoms with Gasteiger partial charge in [-0.1, -0.05) is 0 Å². The topological polar surface area (TPSA) is 39.1 Å². The lowest BCUT2D eigenvalue weighted by Gasteiger charge is -2.05. The molecule has 1 unspecified atom stereocenters. The summed E-state index contributed by atoms with van der Waals surface area (Å²) in [6.45, 7) is 2.69. The lowest BCUT2D eigenvalue weighted by atomic mass is 10.1. The molecule has 1 fully saturated rings. The Hall–Kier alpha value is -0.870. The van der Waals surface area contributed by atoms with E-state index in [9.17, 15) is 0 Å². The van der Waals surface area contributed by atoms with Gasteiger partial charge in [-0.2, -0.15) is 5.10 Å². The Morgan fingerprint density at radius 3 is 3.36 bits per heavy atom. The van der Waals surface area contributed by atoms with Crippen molar-refractivity contribution in [1.29, 1.82) is 0 Å². The molecule has 1 N–H and O–H groups in total. The van der Waals surface area contributed by atoms with Gasteiger partial charge in [-0.15, -0.1) is 0 Å². The van der Waals surface area contributed by atoms with Crippen LogP contribution in [0, 0.1) is 0 Å². The quantitative estimate of drug-likeness (QED) is 0.777. The summed E-state index contributed by atoms with van der Waals surface area (Å²) in [4.78, 5) is 0. The van der Waals surface area contributed by atoms with Crippen molar-refractivity contribution in [3.8, 4) is 0 Å². The fourth-order valence-electron chi connectivity index (χ4n) is 1.84. The van der Waals surface area contributed by atoms with Gasteiger partial charge >= 0.3 is 0 Å². The SMILES string of the molecule is COCCn1cc(C2CCCN2)cn1. The van der Waals surface area contributed by atoms with Gasteiger partial charge in [0.25, 0.3) is 0 Å². The number of nitrogens with one attached hydrogen (secondary N) is 1. The molecule has 1 atom stereocenters. The number of rotatable bonds is 4. The highest BCUT2D eigenvalue weighted by molar-refractivity contribution is 5.11. The third kappa shape index (κ3) is 2.13. The minimum absolute atomic E-state index is 0.520. The Bertz CT molecular complexity index is 279. The molecule has 1 aromatic heterocycles. The van der Waals surface area contributed by atoms with Crippen molar-refractivity contribution in [1.82, 2.24) is 15.1 Å². The highest BCUT2D eigenvalue weighted by atomic mass is 16.5. The first-order valence-corrected chi connectivity index (χ1v) is 5.15. The molecule has 2 heterocycles. The molecule has 0 spiro atoms. The average molecular weight is 195 g/mol. The van der Waals surface area contributed by atoms with Crippen LogP contribution in [-0.4, -0.2) is 30.0 Å². The Morgan fingerprint density at radius 2 is 2.64 bits per heavy atom. The predicted octanol–water partition coefficient (Wildman–Crippen LogP) is 0.954. The zero-order valence-electron chi connectivity index (χ0n) is 8.57. The van der Waals surface area contributed by atoms with Crippen LogP contribution in [0.15, 0.2) is 12.4 Å². The molecule has 1 aliphatic rings. The van der Waals surface area contributed by atoms with Crippen molar-refractivity contribution >= 4 is 0 Å². The molecule has 0 bridgehead atoms. The molecule has 78 valence electrons. The number of aromatic nitrogens is 2. The fraction of sp³-hybridized carbons (Fsp3) is 0.700. The minimum Gasteiger partial charge on any atom is -0.383 e. The summed E-state index contributed by atoms with van der Waals surface area (Å²) in [5.41, 5.74) is 1.30. The Morgan fingerprint density at radius 1 is 1.71 bits per heavy atom. The second-order valence-electron chi connectivity index (χ2n) is 3.68. The number of ether oxygens (including phenoxy) is 1. The first-order valence-electron chi connectivity index (χ1n) is 5.15. The van der Waals surface area contributed by atoms with Gasteiger partial charge in [0.15, 0.2) is 0 Å². The summed E-state index contributed by atoms with van der Waals surface area (Å²) >= 11 is 0. The summed E-state index contributed by atoms with van der Waals surface area (Å²) in [5.74, 6) is 0. The molecule has 1 aliphatic heterocycles. The maximum Gasteiger partial charge on any atom is 0.0658 e. The van der Waals surface area contributed by atoms with E-state index in [0.717, 1.165) is 19.7 Å². The summed E-state index contributed by atoms with van der Waals surface area (Å²) in [7, 11) is 1.71. The summed E-state index contributed by atoms with van der Waals surface area (Å²) in [5, 5.41) is 7.75. The molecule has 0 saturated carbocycles. The maximum atomic E-state index is 5.00. The van der Waals surface area contributed by atoms with Crippen molar-refractivity contribution in [3.05, 3.63) is 18.0 Å². The van der Waals surface area contributed by atoms with Crippen LogP contribution in [0.25, 0.3) is 0 Å². The Labute approximate surface area is 84.3 Å². The lowest BCUT2D eigenvalue weighted by molar-refractivity contribution is 0.183. The predicted molar refractivity (Wildman–Crippen MR) is 54.1 cm³/mol. The third-order valence-electron chi connectivity index (χ3n) is 2.64. The highest BCUT2D eigenvalue weighted by Crippen LogP contribution is 2.21. The molecule has 0 radical (unpaired) electrons. The molecule has 0 aromatic carbocycles. The van der Waals surface area contributed by atoms with Crippen LogP contribution in [0.4, 0.5) is 0 Å². The number of hydrogen-bond donors (Lipinski definition) is 1. The van der Waals surface area contributed by atoms with E-state index in [2.05, 4.69) is 16.6 Å². The zero-order chi connectivity index (χ0) is 9.80. The van der Waals surface area contributed by atoms with Gasteiger partial charge in [0.05, 0.1) is 19.3 Å². The summed E-state index contributed by atoms with van der Waals surface area (Å²) in [6, 6.07) is 0.520. The molecular weight excluding hydrogens is 178 g/mol. The van der Waals surface area contributed by atoms with Crippen molar-refractivity contribution in [2.45, 2.75) is 25.4 Å². The molecule has 4 heteroatoms. The molecule has 4 nitrogen and oxygen atoms in total. The van der Waals surface area contributed by atoms with E-state index in [1.807, 2.05) is 10.9 Å². The van der Waals surface area contributed by atoms with Gasteiger partial charge < -0.3 is 10.1 Å². The van der Waals surface area contributed by atoms with Crippen molar-refractivity contribution in [2.24, 2.45) is 0 Å². The van der Waals surface area contributed by atoms with Gasteiger partial charge in [-0.05, 0) is 19.4 Å². The first kappa shape index (κ1) is 9.68. The normalized spacial score (nSPS) is 21.6. The largest absolute Gasteiger partial charge is 0.383 e. The number of nitrogens with zero attached hydrogens (tertiary/aromatic N) is 2. The van der Waals surface area contributed by atoms with E-state index in [1.54, 1.807) is 7.11 Å². The summed E-state index contributed by atoms with van der Waals surface area (Å²) < 4.78 is 6.95. The molecule has 0 aliphatic carbocycles.